The van der Waals surface area contributed by atoms with E-state index < -0.39 is 33.7 Å². The molecule has 4 aliphatic rings. The summed E-state index contributed by atoms with van der Waals surface area (Å²) < 4.78 is 42.3. The summed E-state index contributed by atoms with van der Waals surface area (Å²) in [5.74, 6) is 0.200. The number of fused-ring (bicyclic) bond motifs is 4. The van der Waals surface area contributed by atoms with E-state index in [-0.39, 0.29) is 22.1 Å². The number of benzene rings is 2. The monoisotopic (exact) mass is 684 g/mol. The highest BCUT2D eigenvalue weighted by atomic mass is 35.5. The highest BCUT2D eigenvalue weighted by molar-refractivity contribution is 7.90. The average Bonchev–Trinajstić information content (AvgIpc) is 3.15. The molecule has 1 fully saturated rings. The van der Waals surface area contributed by atoms with Crippen LogP contribution in [0.1, 0.15) is 50.7 Å². The molecule has 254 valence electrons. The third kappa shape index (κ3) is 6.46. The molecular weight excluding hydrogens is 640 g/mol. The van der Waals surface area contributed by atoms with Gasteiger partial charge < -0.3 is 19.3 Å². The van der Waals surface area contributed by atoms with Crippen LogP contribution in [0.4, 0.5) is 10.5 Å². The number of hydrogen-bond acceptors (Lipinski definition) is 8. The smallest absolute Gasteiger partial charge is 0.409 e. The van der Waals surface area contributed by atoms with E-state index in [0.717, 1.165) is 32.1 Å². The SMILES string of the molecule is CN(C)C(=O)O[C@@H]1/C=C/CN(C)C(C)(C)C(=O)NS(=O)(=O)c2ccc3c(c2)N(C[C@@H]2CC[C@H]21)C[C@@]1(CCCc2cc(Cl)ccc21)CO3. The number of carbonyl (C=O) groups is 2. The van der Waals surface area contributed by atoms with E-state index in [2.05, 4.69) is 21.8 Å². The molecule has 1 N–H and O–H groups in total. The molecule has 1 saturated carbocycles. The average molecular weight is 685 g/mol. The fraction of sp³-hybridized carbons (Fsp3) is 0.543. The fourth-order valence-electron chi connectivity index (χ4n) is 7.35. The molecule has 0 saturated heterocycles. The first-order valence-corrected chi connectivity index (χ1v) is 18.2. The molecule has 0 aromatic heterocycles. The van der Waals surface area contributed by atoms with Crippen LogP contribution in [0.3, 0.4) is 0 Å². The number of halogens is 1. The molecule has 2 aromatic carbocycles. The van der Waals surface area contributed by atoms with E-state index in [1.807, 2.05) is 18.2 Å². The normalized spacial score (nSPS) is 29.2. The zero-order valence-corrected chi connectivity index (χ0v) is 29.4. The van der Waals surface area contributed by atoms with Crippen molar-refractivity contribution in [3.8, 4) is 5.75 Å². The van der Waals surface area contributed by atoms with E-state index in [9.17, 15) is 18.0 Å². The number of hydrogen-bond donors (Lipinski definition) is 1. The van der Waals surface area contributed by atoms with Gasteiger partial charge in [0.15, 0.2) is 0 Å². The van der Waals surface area contributed by atoms with E-state index in [1.165, 1.54) is 22.1 Å². The van der Waals surface area contributed by atoms with Crippen molar-refractivity contribution in [1.82, 2.24) is 14.5 Å². The van der Waals surface area contributed by atoms with Crippen molar-refractivity contribution in [2.24, 2.45) is 11.8 Å². The fourth-order valence-corrected chi connectivity index (χ4v) is 8.67. The van der Waals surface area contributed by atoms with Crippen LogP contribution in [0.2, 0.25) is 5.02 Å². The Morgan fingerprint density at radius 1 is 1.15 bits per heavy atom. The number of amides is 2. The Morgan fingerprint density at radius 3 is 2.66 bits per heavy atom. The Kier molecular flexibility index (Phi) is 9.04. The van der Waals surface area contributed by atoms with Crippen molar-refractivity contribution in [1.29, 1.82) is 0 Å². The predicted octanol–water partition coefficient (Wildman–Crippen LogP) is 4.99. The van der Waals surface area contributed by atoms with E-state index in [4.69, 9.17) is 21.1 Å². The Bertz CT molecular complexity index is 1690. The van der Waals surface area contributed by atoms with Crippen LogP contribution < -0.4 is 14.4 Å². The summed E-state index contributed by atoms with van der Waals surface area (Å²) in [5, 5.41) is 0.707. The van der Waals surface area contributed by atoms with E-state index >= 15 is 0 Å². The van der Waals surface area contributed by atoms with Gasteiger partial charge in [0.25, 0.3) is 15.9 Å². The van der Waals surface area contributed by atoms with Crippen LogP contribution in [0.5, 0.6) is 5.75 Å². The molecule has 2 aliphatic carbocycles. The summed E-state index contributed by atoms with van der Waals surface area (Å²) in [5.41, 5.74) is 1.60. The minimum atomic E-state index is -4.20. The van der Waals surface area contributed by atoms with Crippen LogP contribution in [-0.2, 0) is 31.4 Å². The van der Waals surface area contributed by atoms with Gasteiger partial charge in [0.2, 0.25) is 0 Å². The van der Waals surface area contributed by atoms with Crippen LogP contribution in [0.15, 0.2) is 53.4 Å². The number of ether oxygens (including phenoxy) is 2. The molecule has 6 rings (SSSR count). The summed E-state index contributed by atoms with van der Waals surface area (Å²) in [6, 6.07) is 10.9. The maximum Gasteiger partial charge on any atom is 0.409 e. The number of anilines is 1. The Hall–Kier alpha value is -3.28. The Labute approximate surface area is 283 Å². The lowest BCUT2D eigenvalue weighted by Gasteiger charge is -2.46. The molecule has 2 heterocycles. The number of sulfonamides is 1. The number of carbonyl (C=O) groups excluding carboxylic acids is 2. The van der Waals surface area contributed by atoms with Crippen LogP contribution >= 0.6 is 11.6 Å². The summed E-state index contributed by atoms with van der Waals surface area (Å²) in [4.78, 5) is 31.7. The van der Waals surface area contributed by atoms with Gasteiger partial charge in [-0.15, -0.1) is 0 Å². The van der Waals surface area contributed by atoms with Crippen molar-refractivity contribution in [2.45, 2.75) is 67.9 Å². The number of likely N-dealkylation sites (N-methyl/N-ethyl adjacent to an activating group) is 1. The van der Waals surface area contributed by atoms with Gasteiger partial charge in [-0.1, -0.05) is 23.7 Å². The standard InChI is InChI=1S/C35H45ClN4O6S/c1-34(2)32(41)37-47(43,44)26-12-15-31-29(19-26)40(21-35(22-45-31)16-6-8-23-18-25(36)11-14-28(23)35)20-24-10-13-27(24)30(9-7-17-39(34)5)46-33(42)38(3)4/h7,9,11-12,14-15,18-19,24,27,30H,6,8,10,13,16-17,20-22H2,1-5H3,(H,37,41)/b9-7+/t24-,27+,30+,35-/m0/s1. The van der Waals surface area contributed by atoms with Crippen molar-refractivity contribution in [3.63, 3.8) is 0 Å². The number of nitrogens with one attached hydrogen (secondary N) is 1. The van der Waals surface area contributed by atoms with Crippen LogP contribution in [0.25, 0.3) is 0 Å². The maximum atomic E-state index is 13.7. The van der Waals surface area contributed by atoms with Crippen LogP contribution in [-0.4, -0.2) is 89.2 Å². The summed E-state index contributed by atoms with van der Waals surface area (Å²) >= 11 is 6.42. The second-order valence-corrected chi connectivity index (χ2v) is 16.4. The lowest BCUT2D eigenvalue weighted by atomic mass is 9.68. The predicted molar refractivity (Wildman–Crippen MR) is 182 cm³/mol. The second-order valence-electron chi connectivity index (χ2n) is 14.3. The first-order chi connectivity index (χ1) is 22.2. The third-order valence-electron chi connectivity index (χ3n) is 10.7. The molecule has 2 aromatic rings. The molecule has 47 heavy (non-hydrogen) atoms. The lowest BCUT2D eigenvalue weighted by Crippen LogP contribution is -2.54. The van der Waals surface area contributed by atoms with Gasteiger partial charge in [-0.3, -0.25) is 9.69 Å². The van der Waals surface area contributed by atoms with E-state index in [1.54, 1.807) is 52.0 Å². The quantitative estimate of drug-likeness (QED) is 0.419. The minimum absolute atomic E-state index is 0.00151. The van der Waals surface area contributed by atoms with Crippen molar-refractivity contribution < 1.29 is 27.5 Å². The number of rotatable bonds is 1. The molecule has 10 nitrogen and oxygen atoms in total. The third-order valence-corrected chi connectivity index (χ3v) is 12.3. The van der Waals surface area contributed by atoms with Gasteiger partial charge in [-0.05, 0) is 106 Å². The highest BCUT2D eigenvalue weighted by Crippen LogP contribution is 2.47. The molecular formula is C35H45ClN4O6S. The molecule has 2 amide bonds. The molecule has 0 radical (unpaired) electrons. The Morgan fingerprint density at radius 2 is 1.94 bits per heavy atom. The van der Waals surface area contributed by atoms with Crippen molar-refractivity contribution >= 4 is 39.3 Å². The molecule has 1 spiro atoms. The first kappa shape index (κ1) is 33.6. The summed E-state index contributed by atoms with van der Waals surface area (Å²) in [7, 11) is 0.904. The molecule has 2 bridgehead atoms. The van der Waals surface area contributed by atoms with Gasteiger partial charge in [0.1, 0.15) is 11.9 Å². The minimum Gasteiger partial charge on any atom is -0.490 e. The van der Waals surface area contributed by atoms with Gasteiger partial charge in [0, 0.05) is 50.1 Å². The maximum absolute atomic E-state index is 13.7. The topological polar surface area (TPSA) is 108 Å². The molecule has 2 aliphatic heterocycles. The largest absolute Gasteiger partial charge is 0.490 e. The molecule has 0 unspecified atom stereocenters. The van der Waals surface area contributed by atoms with Gasteiger partial charge in [0.05, 0.1) is 22.7 Å². The first-order valence-electron chi connectivity index (χ1n) is 16.3. The highest BCUT2D eigenvalue weighted by Gasteiger charge is 2.45. The van der Waals surface area contributed by atoms with Crippen LogP contribution in [0, 0.1) is 11.8 Å². The summed E-state index contributed by atoms with van der Waals surface area (Å²) in [6.07, 6.45) is 7.63. The number of aryl methyl sites for hydroxylation is 1. The molecule has 4 atom stereocenters. The second kappa shape index (κ2) is 12.6. The van der Waals surface area contributed by atoms with Crippen molar-refractivity contribution in [3.05, 3.63) is 64.7 Å². The van der Waals surface area contributed by atoms with Gasteiger partial charge in [-0.25, -0.2) is 17.9 Å². The van der Waals surface area contributed by atoms with Crippen molar-refractivity contribution in [2.75, 3.05) is 52.3 Å². The van der Waals surface area contributed by atoms with Gasteiger partial charge in [-0.2, -0.15) is 0 Å². The van der Waals surface area contributed by atoms with Gasteiger partial charge >= 0.3 is 6.09 Å². The zero-order valence-electron chi connectivity index (χ0n) is 27.8. The lowest BCUT2D eigenvalue weighted by molar-refractivity contribution is -0.128. The Balaban J connectivity index is 1.45. The van der Waals surface area contributed by atoms with E-state index in [0.29, 0.717) is 42.7 Å². The zero-order chi connectivity index (χ0) is 33.7. The molecule has 12 heteroatoms. The summed E-state index contributed by atoms with van der Waals surface area (Å²) in [6.45, 7) is 5.39. The number of nitrogens with zero attached hydrogens (tertiary/aromatic N) is 3.